The van der Waals surface area contributed by atoms with Gasteiger partial charge < -0.3 is 5.32 Å². The topological polar surface area (TPSA) is 67.8 Å². The molecule has 1 amide bonds. The lowest BCUT2D eigenvalue weighted by Gasteiger charge is -2.07. The molecule has 0 aliphatic heterocycles. The number of hydrogen-bond acceptors (Lipinski definition) is 4. The van der Waals surface area contributed by atoms with Gasteiger partial charge in [-0.2, -0.15) is 0 Å². The van der Waals surface area contributed by atoms with Crippen LogP contribution in [0.5, 0.6) is 0 Å². The molecule has 3 aromatic rings. The molecule has 5 nitrogen and oxygen atoms in total. The van der Waals surface area contributed by atoms with Crippen LogP contribution in [0.2, 0.25) is 0 Å². The van der Waals surface area contributed by atoms with Crippen molar-refractivity contribution in [2.24, 2.45) is 0 Å². The van der Waals surface area contributed by atoms with Gasteiger partial charge in [-0.1, -0.05) is 12.1 Å². The lowest BCUT2D eigenvalue weighted by atomic mass is 10.1. The van der Waals surface area contributed by atoms with Gasteiger partial charge in [0.25, 0.3) is 5.91 Å². The van der Waals surface area contributed by atoms with Gasteiger partial charge in [-0.05, 0) is 23.8 Å². The first kappa shape index (κ1) is 12.2. The van der Waals surface area contributed by atoms with E-state index < -0.39 is 0 Å². The molecule has 0 saturated heterocycles. The first-order valence-electron chi connectivity index (χ1n) is 6.20. The van der Waals surface area contributed by atoms with E-state index in [1.54, 1.807) is 24.7 Å². The Morgan fingerprint density at radius 3 is 2.80 bits per heavy atom. The monoisotopic (exact) mass is 264 g/mol. The second-order valence-corrected chi connectivity index (χ2v) is 4.30. The number of fused-ring (bicyclic) bond motifs is 1. The van der Waals surface area contributed by atoms with Crippen LogP contribution in [-0.4, -0.2) is 20.9 Å². The smallest absolute Gasteiger partial charge is 0.253 e. The van der Waals surface area contributed by atoms with E-state index in [9.17, 15) is 4.79 Å². The lowest BCUT2D eigenvalue weighted by molar-refractivity contribution is 0.0952. The van der Waals surface area contributed by atoms with E-state index in [1.807, 2.05) is 24.3 Å². The molecule has 0 bridgehead atoms. The Bertz CT molecular complexity index is 738. The van der Waals surface area contributed by atoms with Gasteiger partial charge >= 0.3 is 0 Å². The summed E-state index contributed by atoms with van der Waals surface area (Å²) in [5.74, 6) is -0.147. The van der Waals surface area contributed by atoms with E-state index in [-0.39, 0.29) is 5.91 Å². The lowest BCUT2D eigenvalue weighted by Crippen LogP contribution is -2.23. The zero-order valence-corrected chi connectivity index (χ0v) is 10.7. The molecule has 0 radical (unpaired) electrons. The van der Waals surface area contributed by atoms with Crippen molar-refractivity contribution in [3.05, 3.63) is 66.4 Å². The van der Waals surface area contributed by atoms with E-state index >= 15 is 0 Å². The van der Waals surface area contributed by atoms with Gasteiger partial charge in [0, 0.05) is 30.5 Å². The fourth-order valence-corrected chi connectivity index (χ4v) is 1.98. The van der Waals surface area contributed by atoms with Gasteiger partial charge in [-0.25, -0.2) is 9.97 Å². The van der Waals surface area contributed by atoms with Gasteiger partial charge in [0.15, 0.2) is 0 Å². The minimum Gasteiger partial charge on any atom is -0.348 e. The van der Waals surface area contributed by atoms with Crippen molar-refractivity contribution in [1.29, 1.82) is 0 Å². The standard InChI is InChI=1S/C15H12N4O/c20-15(18-8-11-4-6-16-7-5-11)13-3-1-2-12-9-17-10-19-14(12)13/h1-7,9-10H,8H2,(H,18,20). The highest BCUT2D eigenvalue weighted by Gasteiger charge is 2.10. The summed E-state index contributed by atoms with van der Waals surface area (Å²) in [6, 6.07) is 9.20. The molecule has 0 fully saturated rings. The number of rotatable bonds is 3. The molecule has 3 rings (SSSR count). The molecule has 1 aromatic carbocycles. The second kappa shape index (κ2) is 5.44. The molecule has 98 valence electrons. The van der Waals surface area contributed by atoms with Crippen LogP contribution in [0.4, 0.5) is 0 Å². The summed E-state index contributed by atoms with van der Waals surface area (Å²) in [4.78, 5) is 24.3. The summed E-state index contributed by atoms with van der Waals surface area (Å²) in [6.45, 7) is 0.461. The third-order valence-electron chi connectivity index (χ3n) is 2.98. The Balaban J connectivity index is 1.82. The maximum atomic E-state index is 12.2. The van der Waals surface area contributed by atoms with Crippen molar-refractivity contribution < 1.29 is 4.79 Å². The number of aromatic nitrogens is 3. The summed E-state index contributed by atoms with van der Waals surface area (Å²) in [6.07, 6.45) is 6.54. The van der Waals surface area contributed by atoms with Crippen LogP contribution in [0.15, 0.2) is 55.2 Å². The molecule has 5 heteroatoms. The van der Waals surface area contributed by atoms with Crippen molar-refractivity contribution in [2.45, 2.75) is 6.54 Å². The molecule has 2 aromatic heterocycles. The highest BCUT2D eigenvalue weighted by atomic mass is 16.1. The summed E-state index contributed by atoms with van der Waals surface area (Å²) in [7, 11) is 0. The quantitative estimate of drug-likeness (QED) is 0.785. The van der Waals surface area contributed by atoms with E-state index in [2.05, 4.69) is 20.3 Å². The van der Waals surface area contributed by atoms with Crippen molar-refractivity contribution >= 4 is 16.8 Å². The molecule has 20 heavy (non-hydrogen) atoms. The summed E-state index contributed by atoms with van der Waals surface area (Å²) in [5, 5.41) is 3.73. The minimum atomic E-state index is -0.147. The molecule has 0 unspecified atom stereocenters. The number of pyridine rings is 1. The first-order valence-corrected chi connectivity index (χ1v) is 6.20. The molecule has 1 N–H and O–H groups in total. The van der Waals surface area contributed by atoms with Gasteiger partial charge in [0.05, 0.1) is 11.1 Å². The maximum Gasteiger partial charge on any atom is 0.253 e. The number of carbonyl (C=O) groups is 1. The molecule has 0 aliphatic rings. The van der Waals surface area contributed by atoms with Crippen LogP contribution in [0.1, 0.15) is 15.9 Å². The first-order chi connectivity index (χ1) is 9.84. The molecule has 0 atom stereocenters. The van der Waals surface area contributed by atoms with Gasteiger partial charge in [0.1, 0.15) is 6.33 Å². The summed E-state index contributed by atoms with van der Waals surface area (Å²) < 4.78 is 0. The molecular weight excluding hydrogens is 252 g/mol. The fourth-order valence-electron chi connectivity index (χ4n) is 1.98. The van der Waals surface area contributed by atoms with Crippen molar-refractivity contribution in [2.75, 3.05) is 0 Å². The highest BCUT2D eigenvalue weighted by Crippen LogP contribution is 2.14. The zero-order valence-electron chi connectivity index (χ0n) is 10.7. The summed E-state index contributed by atoms with van der Waals surface area (Å²) >= 11 is 0. The van der Waals surface area contributed by atoms with Gasteiger partial charge in [0.2, 0.25) is 0 Å². The number of benzene rings is 1. The van der Waals surface area contributed by atoms with E-state index in [0.29, 0.717) is 17.6 Å². The van der Waals surface area contributed by atoms with Crippen LogP contribution in [0.3, 0.4) is 0 Å². The van der Waals surface area contributed by atoms with Crippen molar-refractivity contribution in [3.63, 3.8) is 0 Å². The number of nitrogens with zero attached hydrogens (tertiary/aromatic N) is 3. The zero-order chi connectivity index (χ0) is 13.8. The fraction of sp³-hybridized carbons (Fsp3) is 0.0667. The third-order valence-corrected chi connectivity index (χ3v) is 2.98. The normalized spacial score (nSPS) is 10.4. The number of carbonyl (C=O) groups excluding carboxylic acids is 1. The molecule has 2 heterocycles. The number of nitrogens with one attached hydrogen (secondary N) is 1. The molecule has 0 spiro atoms. The number of para-hydroxylation sites is 1. The SMILES string of the molecule is O=C(NCc1ccncc1)c1cccc2cncnc12. The van der Waals surface area contributed by atoms with E-state index in [0.717, 1.165) is 10.9 Å². The molecule has 0 aliphatic carbocycles. The Morgan fingerprint density at radius 2 is 1.95 bits per heavy atom. The largest absolute Gasteiger partial charge is 0.348 e. The number of amides is 1. The predicted octanol–water partition coefficient (Wildman–Crippen LogP) is 1.95. The second-order valence-electron chi connectivity index (χ2n) is 4.30. The third kappa shape index (κ3) is 2.47. The maximum absolute atomic E-state index is 12.2. The number of hydrogen-bond donors (Lipinski definition) is 1. The average Bonchev–Trinajstić information content (AvgIpc) is 2.53. The Hall–Kier alpha value is -2.82. The van der Waals surface area contributed by atoms with E-state index in [4.69, 9.17) is 0 Å². The van der Waals surface area contributed by atoms with Crippen LogP contribution < -0.4 is 5.32 Å². The van der Waals surface area contributed by atoms with Crippen LogP contribution in [-0.2, 0) is 6.54 Å². The Kier molecular flexibility index (Phi) is 3.33. The minimum absolute atomic E-state index is 0.147. The molecular formula is C15H12N4O. The Labute approximate surface area is 115 Å². The predicted molar refractivity (Wildman–Crippen MR) is 74.9 cm³/mol. The Morgan fingerprint density at radius 1 is 1.10 bits per heavy atom. The van der Waals surface area contributed by atoms with Crippen molar-refractivity contribution in [1.82, 2.24) is 20.3 Å². The van der Waals surface area contributed by atoms with Crippen molar-refractivity contribution in [3.8, 4) is 0 Å². The van der Waals surface area contributed by atoms with Crippen LogP contribution in [0, 0.1) is 0 Å². The van der Waals surface area contributed by atoms with E-state index in [1.165, 1.54) is 6.33 Å². The van der Waals surface area contributed by atoms with Gasteiger partial charge in [-0.15, -0.1) is 0 Å². The summed E-state index contributed by atoms with van der Waals surface area (Å²) in [5.41, 5.74) is 2.22. The highest BCUT2D eigenvalue weighted by molar-refractivity contribution is 6.05. The molecule has 0 saturated carbocycles. The van der Waals surface area contributed by atoms with Gasteiger partial charge in [-0.3, -0.25) is 9.78 Å². The van der Waals surface area contributed by atoms with Crippen LogP contribution >= 0.6 is 0 Å². The van der Waals surface area contributed by atoms with Crippen LogP contribution in [0.25, 0.3) is 10.9 Å². The average molecular weight is 264 g/mol.